The first kappa shape index (κ1) is 16.5. The van der Waals surface area contributed by atoms with Crippen molar-refractivity contribution in [3.8, 4) is 0 Å². The van der Waals surface area contributed by atoms with E-state index in [0.29, 0.717) is 13.1 Å². The molecule has 1 aromatic carbocycles. The molecule has 2 heterocycles. The topological polar surface area (TPSA) is 86.9 Å². The fourth-order valence-electron chi connectivity index (χ4n) is 4.28. The maximum absolute atomic E-state index is 11.5. The Hall–Kier alpha value is -2.31. The average molecular weight is 333 g/mol. The first-order valence-electron chi connectivity index (χ1n) is 8.17. The summed E-state index contributed by atoms with van der Waals surface area (Å²) in [6, 6.07) is 6.72. The van der Waals surface area contributed by atoms with Gasteiger partial charge in [0.15, 0.2) is 0 Å². The zero-order valence-corrected chi connectivity index (χ0v) is 14.2. The van der Waals surface area contributed by atoms with E-state index in [1.165, 1.54) is 17.0 Å². The number of fused-ring (bicyclic) bond motifs is 2. The molecular weight excluding hydrogens is 310 g/mol. The zero-order valence-electron chi connectivity index (χ0n) is 14.2. The largest absolute Gasteiger partial charge is 0.465 e. The van der Waals surface area contributed by atoms with E-state index in [0.717, 1.165) is 18.5 Å². The Bertz CT molecular complexity index is 667. The number of benzene rings is 1. The highest BCUT2D eigenvalue weighted by molar-refractivity contribution is 5.67. The molecule has 2 aliphatic rings. The van der Waals surface area contributed by atoms with Crippen LogP contribution in [0.15, 0.2) is 24.3 Å². The van der Waals surface area contributed by atoms with Crippen LogP contribution in [-0.4, -0.2) is 45.7 Å². The van der Waals surface area contributed by atoms with Gasteiger partial charge in [0.2, 0.25) is 0 Å². The number of rotatable bonds is 2. The molecule has 0 radical (unpaired) electrons. The molecule has 0 aliphatic carbocycles. The van der Waals surface area contributed by atoms with Crippen molar-refractivity contribution in [2.45, 2.75) is 45.2 Å². The molecule has 1 aromatic rings. The Labute approximate surface area is 141 Å². The summed E-state index contributed by atoms with van der Waals surface area (Å²) in [5, 5.41) is 20.4. The molecular formula is C17H23N3O4. The van der Waals surface area contributed by atoms with Gasteiger partial charge in [-0.15, -0.1) is 0 Å². The van der Waals surface area contributed by atoms with Gasteiger partial charge in [0.1, 0.15) is 0 Å². The summed E-state index contributed by atoms with van der Waals surface area (Å²) in [6.45, 7) is 7.35. The van der Waals surface area contributed by atoms with Crippen molar-refractivity contribution in [3.05, 3.63) is 34.4 Å². The summed E-state index contributed by atoms with van der Waals surface area (Å²) in [6.07, 6.45) is 0.971. The van der Waals surface area contributed by atoms with Crippen LogP contribution in [0.5, 0.6) is 0 Å². The van der Waals surface area contributed by atoms with E-state index in [1.807, 2.05) is 0 Å². The number of carbonyl (C=O) groups is 1. The third-order valence-corrected chi connectivity index (χ3v) is 5.61. The van der Waals surface area contributed by atoms with Gasteiger partial charge in [0.25, 0.3) is 5.69 Å². The molecule has 2 atom stereocenters. The molecule has 1 amide bonds. The van der Waals surface area contributed by atoms with E-state index in [2.05, 4.69) is 25.7 Å². The predicted octanol–water partition coefficient (Wildman–Crippen LogP) is 3.34. The summed E-state index contributed by atoms with van der Waals surface area (Å²) in [5.41, 5.74) is 0.574. The van der Waals surface area contributed by atoms with Crippen LogP contribution in [0.25, 0.3) is 0 Å². The molecule has 2 fully saturated rings. The summed E-state index contributed by atoms with van der Waals surface area (Å²) in [4.78, 5) is 25.9. The maximum Gasteiger partial charge on any atom is 0.407 e. The summed E-state index contributed by atoms with van der Waals surface area (Å²) >= 11 is 0. The Balaban J connectivity index is 2.03. The number of nitrogens with zero attached hydrogens (tertiary/aromatic N) is 3. The number of hydrogen-bond acceptors (Lipinski definition) is 4. The van der Waals surface area contributed by atoms with Gasteiger partial charge in [-0.1, -0.05) is 20.8 Å². The number of non-ortho nitro benzene ring substituents is 1. The lowest BCUT2D eigenvalue weighted by atomic mass is 9.71. The van der Waals surface area contributed by atoms with Crippen molar-refractivity contribution in [1.29, 1.82) is 0 Å². The van der Waals surface area contributed by atoms with Crippen molar-refractivity contribution in [2.24, 2.45) is 5.41 Å². The lowest BCUT2D eigenvalue weighted by Crippen LogP contribution is -2.67. The Kier molecular flexibility index (Phi) is 3.69. The highest BCUT2D eigenvalue weighted by atomic mass is 16.6. The molecule has 2 unspecified atom stereocenters. The van der Waals surface area contributed by atoms with Crippen LogP contribution in [0, 0.1) is 15.5 Å². The molecule has 0 saturated carbocycles. The van der Waals surface area contributed by atoms with Crippen LogP contribution in [0.1, 0.15) is 33.6 Å². The molecule has 7 heteroatoms. The highest BCUT2D eigenvalue weighted by Gasteiger charge is 2.57. The van der Waals surface area contributed by atoms with Gasteiger partial charge >= 0.3 is 6.09 Å². The van der Waals surface area contributed by atoms with Gasteiger partial charge in [-0.05, 0) is 30.4 Å². The predicted molar refractivity (Wildman–Crippen MR) is 90.4 cm³/mol. The Morgan fingerprint density at radius 2 is 1.96 bits per heavy atom. The summed E-state index contributed by atoms with van der Waals surface area (Å²) in [5.74, 6) is 0. The number of anilines is 1. The Morgan fingerprint density at radius 1 is 1.33 bits per heavy atom. The quantitative estimate of drug-likeness (QED) is 0.662. The normalized spacial score (nSPS) is 26.5. The number of carboxylic acid groups (broad SMARTS) is 1. The van der Waals surface area contributed by atoms with Gasteiger partial charge in [-0.2, -0.15) is 0 Å². The lowest BCUT2D eigenvalue weighted by Gasteiger charge is -2.56. The first-order chi connectivity index (χ1) is 11.2. The minimum atomic E-state index is -0.876. The van der Waals surface area contributed by atoms with E-state index in [1.54, 1.807) is 12.1 Å². The number of hydrogen-bond donors (Lipinski definition) is 1. The average Bonchev–Trinajstić information content (AvgIpc) is 2.74. The standard InChI is InChI=1S/C17H23N3O4/c1-16(2,3)17-9-8-14(10-18(11-17)15(21)22)19(17)12-4-6-13(7-5-12)20(23)24/h4-7,14H,8-11H2,1-3H3,(H,21,22). The van der Waals surface area contributed by atoms with Gasteiger partial charge < -0.3 is 14.9 Å². The molecule has 2 aliphatic heterocycles. The van der Waals surface area contributed by atoms with Crippen LogP contribution >= 0.6 is 0 Å². The number of amides is 1. The van der Waals surface area contributed by atoms with Crippen molar-refractivity contribution in [3.63, 3.8) is 0 Å². The maximum atomic E-state index is 11.5. The number of piperazine rings is 1. The Morgan fingerprint density at radius 3 is 2.46 bits per heavy atom. The van der Waals surface area contributed by atoms with Crippen molar-refractivity contribution in [1.82, 2.24) is 4.90 Å². The second-order valence-electron chi connectivity index (χ2n) is 7.78. The molecule has 24 heavy (non-hydrogen) atoms. The molecule has 2 saturated heterocycles. The highest BCUT2D eigenvalue weighted by Crippen LogP contribution is 2.51. The SMILES string of the molecule is CC(C)(C)C12CCC(CN(C(=O)O)C1)N2c1ccc([N+](=O)[O-])cc1. The van der Waals surface area contributed by atoms with Crippen LogP contribution in [-0.2, 0) is 0 Å². The number of nitro benzene ring substituents is 1. The van der Waals surface area contributed by atoms with Crippen molar-refractivity contribution < 1.29 is 14.8 Å². The van der Waals surface area contributed by atoms with Gasteiger partial charge in [-0.3, -0.25) is 10.1 Å². The van der Waals surface area contributed by atoms with E-state index >= 15 is 0 Å². The molecule has 3 rings (SSSR count). The number of likely N-dealkylation sites (tertiary alicyclic amines) is 1. The van der Waals surface area contributed by atoms with Crippen LogP contribution in [0.4, 0.5) is 16.2 Å². The summed E-state index contributed by atoms with van der Waals surface area (Å²) in [7, 11) is 0. The third kappa shape index (κ3) is 2.39. The monoisotopic (exact) mass is 333 g/mol. The second-order valence-corrected chi connectivity index (χ2v) is 7.78. The number of nitro groups is 1. The molecule has 2 bridgehead atoms. The second kappa shape index (κ2) is 5.36. The van der Waals surface area contributed by atoms with Crippen LogP contribution < -0.4 is 4.90 Å². The summed E-state index contributed by atoms with van der Waals surface area (Å²) < 4.78 is 0. The molecule has 130 valence electrons. The van der Waals surface area contributed by atoms with Gasteiger partial charge in [-0.25, -0.2) is 4.79 Å². The third-order valence-electron chi connectivity index (χ3n) is 5.61. The fourth-order valence-corrected chi connectivity index (χ4v) is 4.28. The van der Waals surface area contributed by atoms with E-state index < -0.39 is 11.0 Å². The fraction of sp³-hybridized carbons (Fsp3) is 0.588. The smallest absolute Gasteiger partial charge is 0.407 e. The molecule has 7 nitrogen and oxygen atoms in total. The van der Waals surface area contributed by atoms with Gasteiger partial charge in [0, 0.05) is 37.0 Å². The first-order valence-corrected chi connectivity index (χ1v) is 8.17. The minimum absolute atomic E-state index is 0.0695. The van der Waals surface area contributed by atoms with Crippen molar-refractivity contribution >= 4 is 17.5 Å². The lowest BCUT2D eigenvalue weighted by molar-refractivity contribution is -0.384. The zero-order chi connectivity index (χ0) is 17.7. The van der Waals surface area contributed by atoms with Crippen LogP contribution in [0.3, 0.4) is 0 Å². The van der Waals surface area contributed by atoms with E-state index in [9.17, 15) is 20.0 Å². The molecule has 0 aromatic heterocycles. The van der Waals surface area contributed by atoms with E-state index in [-0.39, 0.29) is 22.7 Å². The molecule has 0 spiro atoms. The van der Waals surface area contributed by atoms with Crippen molar-refractivity contribution in [2.75, 3.05) is 18.0 Å². The van der Waals surface area contributed by atoms with Gasteiger partial charge in [0.05, 0.1) is 10.5 Å². The van der Waals surface area contributed by atoms with E-state index in [4.69, 9.17) is 0 Å². The van der Waals surface area contributed by atoms with Crippen LogP contribution in [0.2, 0.25) is 0 Å². The molecule has 1 N–H and O–H groups in total. The minimum Gasteiger partial charge on any atom is -0.465 e.